The van der Waals surface area contributed by atoms with E-state index in [1.807, 2.05) is 36.4 Å². The van der Waals surface area contributed by atoms with Crippen LogP contribution in [0.5, 0.6) is 0 Å². The van der Waals surface area contributed by atoms with E-state index in [0.717, 1.165) is 52.8 Å². The Morgan fingerprint density at radius 2 is 1.70 bits per heavy atom. The van der Waals surface area contributed by atoms with Gasteiger partial charge in [-0.15, -0.1) is 0 Å². The van der Waals surface area contributed by atoms with Gasteiger partial charge in [0, 0.05) is 44.2 Å². The van der Waals surface area contributed by atoms with Crippen molar-refractivity contribution in [3.05, 3.63) is 66.3 Å². The van der Waals surface area contributed by atoms with Crippen LogP contribution in [0.4, 0.5) is 5.82 Å². The topological polar surface area (TPSA) is 102 Å². The lowest BCUT2D eigenvalue weighted by Crippen LogP contribution is -2.51. The van der Waals surface area contributed by atoms with Crippen molar-refractivity contribution in [1.29, 1.82) is 0 Å². The van der Waals surface area contributed by atoms with Crippen molar-refractivity contribution >= 4 is 28.0 Å². The number of hydrogen-bond acceptors (Lipinski definition) is 8. The fraction of sp³-hybridized carbons (Fsp3) is 0.419. The molecule has 0 bridgehead atoms. The second-order valence-electron chi connectivity index (χ2n) is 11.1. The molecule has 2 aromatic carbocycles. The van der Waals surface area contributed by atoms with E-state index >= 15 is 0 Å². The standard InChI is InChI=1S/C31H36N8O/c1-2-37-14-16-38(17-15-37)23-9-11-24(12-10-23)39-31-28(30(32)33-20-34-31)29(36-39)22-8-13-25-26(19-22)40-27(35-25)18-21-6-4-3-5-7-21/h3-8,13,19-20,23-24H,2,9-12,14-18H2,1H3,(H2,32,33,34). The number of nitrogens with zero attached hydrogens (tertiary/aromatic N) is 7. The molecular formula is C31H36N8O. The Hall–Kier alpha value is -3.82. The summed E-state index contributed by atoms with van der Waals surface area (Å²) < 4.78 is 8.28. The van der Waals surface area contributed by atoms with E-state index in [1.54, 1.807) is 6.33 Å². The van der Waals surface area contributed by atoms with Crippen molar-refractivity contribution < 1.29 is 4.42 Å². The molecule has 1 aliphatic heterocycles. The molecule has 0 amide bonds. The van der Waals surface area contributed by atoms with E-state index < -0.39 is 0 Å². The third kappa shape index (κ3) is 4.73. The van der Waals surface area contributed by atoms with Crippen LogP contribution in [0.3, 0.4) is 0 Å². The molecule has 2 N–H and O–H groups in total. The van der Waals surface area contributed by atoms with Gasteiger partial charge in [-0.05, 0) is 49.9 Å². The molecule has 0 atom stereocenters. The summed E-state index contributed by atoms with van der Waals surface area (Å²) in [5, 5.41) is 5.94. The number of nitrogens with two attached hydrogens (primary N) is 1. The maximum Gasteiger partial charge on any atom is 0.199 e. The van der Waals surface area contributed by atoms with E-state index in [1.165, 1.54) is 44.6 Å². The van der Waals surface area contributed by atoms with Crippen molar-refractivity contribution in [3.63, 3.8) is 0 Å². The van der Waals surface area contributed by atoms with Crippen LogP contribution in [-0.2, 0) is 6.42 Å². The molecular weight excluding hydrogens is 500 g/mol. The smallest absolute Gasteiger partial charge is 0.199 e. The van der Waals surface area contributed by atoms with Crippen LogP contribution in [0.25, 0.3) is 33.4 Å². The molecule has 9 nitrogen and oxygen atoms in total. The first-order valence-corrected chi connectivity index (χ1v) is 14.5. The third-order valence-corrected chi connectivity index (χ3v) is 8.81. The van der Waals surface area contributed by atoms with Crippen LogP contribution in [0.2, 0.25) is 0 Å². The average molecular weight is 537 g/mol. The van der Waals surface area contributed by atoms with E-state index in [2.05, 4.69) is 43.5 Å². The average Bonchev–Trinajstić information content (AvgIpc) is 3.59. The maximum absolute atomic E-state index is 6.43. The summed E-state index contributed by atoms with van der Waals surface area (Å²) in [6, 6.07) is 17.3. The molecule has 206 valence electrons. The van der Waals surface area contributed by atoms with Gasteiger partial charge in [-0.25, -0.2) is 19.6 Å². The predicted octanol–water partition coefficient (Wildman–Crippen LogP) is 4.93. The quantitative estimate of drug-likeness (QED) is 0.326. The maximum atomic E-state index is 6.43. The highest BCUT2D eigenvalue weighted by Gasteiger charge is 2.31. The highest BCUT2D eigenvalue weighted by Crippen LogP contribution is 2.37. The first-order valence-electron chi connectivity index (χ1n) is 14.5. The fourth-order valence-electron chi connectivity index (χ4n) is 6.53. The summed E-state index contributed by atoms with van der Waals surface area (Å²) in [4.78, 5) is 18.9. The highest BCUT2D eigenvalue weighted by atomic mass is 16.3. The molecule has 2 fully saturated rings. The number of nitrogen functional groups attached to an aromatic ring is 1. The van der Waals surface area contributed by atoms with Gasteiger partial charge in [0.15, 0.2) is 17.1 Å². The Balaban J connectivity index is 1.15. The molecule has 40 heavy (non-hydrogen) atoms. The summed E-state index contributed by atoms with van der Waals surface area (Å²) in [5.74, 6) is 1.15. The highest BCUT2D eigenvalue weighted by molar-refractivity contribution is 5.99. The van der Waals surface area contributed by atoms with Crippen molar-refractivity contribution in [2.45, 2.75) is 51.1 Å². The molecule has 0 radical (unpaired) electrons. The summed E-state index contributed by atoms with van der Waals surface area (Å²) in [6.45, 7) is 8.13. The van der Waals surface area contributed by atoms with E-state index in [9.17, 15) is 0 Å². The first-order chi connectivity index (χ1) is 19.7. The molecule has 3 aromatic heterocycles. The number of anilines is 1. The zero-order valence-electron chi connectivity index (χ0n) is 23.0. The van der Waals surface area contributed by atoms with Gasteiger partial charge in [0.05, 0.1) is 11.4 Å². The molecule has 7 rings (SSSR count). The Bertz CT molecular complexity index is 1610. The monoisotopic (exact) mass is 536 g/mol. The number of benzene rings is 2. The second kappa shape index (κ2) is 10.6. The minimum atomic E-state index is 0.296. The van der Waals surface area contributed by atoms with Gasteiger partial charge in [0.1, 0.15) is 23.4 Å². The van der Waals surface area contributed by atoms with Gasteiger partial charge in [-0.3, -0.25) is 4.90 Å². The SMILES string of the molecule is CCN1CCN(C2CCC(n3nc(-c4ccc5nc(Cc6ccccc6)oc5c4)c4c(N)ncnc43)CC2)CC1. The number of fused-ring (bicyclic) bond motifs is 2. The molecule has 0 spiro atoms. The molecule has 2 aliphatic rings. The normalized spacial score (nSPS) is 20.9. The molecule has 5 aromatic rings. The van der Waals surface area contributed by atoms with Gasteiger partial charge in [-0.1, -0.05) is 43.3 Å². The van der Waals surface area contributed by atoms with Crippen molar-refractivity contribution in [2.24, 2.45) is 0 Å². The minimum absolute atomic E-state index is 0.296. The second-order valence-corrected chi connectivity index (χ2v) is 11.1. The lowest BCUT2D eigenvalue weighted by atomic mass is 9.90. The molecule has 0 unspecified atom stereocenters. The third-order valence-electron chi connectivity index (χ3n) is 8.81. The molecule has 1 saturated carbocycles. The van der Waals surface area contributed by atoms with Gasteiger partial charge in [0.25, 0.3) is 0 Å². The number of oxazole rings is 1. The van der Waals surface area contributed by atoms with E-state index in [4.69, 9.17) is 20.2 Å². The van der Waals surface area contributed by atoms with Gasteiger partial charge in [0.2, 0.25) is 0 Å². The number of hydrogen-bond donors (Lipinski definition) is 1. The van der Waals surface area contributed by atoms with Crippen LogP contribution in [0, 0.1) is 0 Å². The number of likely N-dealkylation sites (N-methyl/N-ethyl adjacent to an activating group) is 1. The lowest BCUT2D eigenvalue weighted by Gasteiger charge is -2.41. The summed E-state index contributed by atoms with van der Waals surface area (Å²) >= 11 is 0. The van der Waals surface area contributed by atoms with Crippen molar-refractivity contribution in [3.8, 4) is 11.3 Å². The van der Waals surface area contributed by atoms with Crippen LogP contribution in [0.1, 0.15) is 50.1 Å². The van der Waals surface area contributed by atoms with Gasteiger partial charge in [-0.2, -0.15) is 5.10 Å². The fourth-order valence-corrected chi connectivity index (χ4v) is 6.53. The number of piperazine rings is 1. The minimum Gasteiger partial charge on any atom is -0.440 e. The zero-order valence-corrected chi connectivity index (χ0v) is 23.0. The lowest BCUT2D eigenvalue weighted by molar-refractivity contribution is 0.0732. The molecule has 1 saturated heterocycles. The Kier molecular flexibility index (Phi) is 6.69. The predicted molar refractivity (Wildman–Crippen MR) is 157 cm³/mol. The van der Waals surface area contributed by atoms with Crippen LogP contribution in [0.15, 0.2) is 59.3 Å². The Morgan fingerprint density at radius 3 is 2.48 bits per heavy atom. The largest absolute Gasteiger partial charge is 0.440 e. The summed E-state index contributed by atoms with van der Waals surface area (Å²) in [5.41, 5.74) is 11.7. The van der Waals surface area contributed by atoms with Crippen LogP contribution < -0.4 is 5.73 Å². The van der Waals surface area contributed by atoms with Crippen LogP contribution in [-0.4, -0.2) is 73.3 Å². The van der Waals surface area contributed by atoms with Gasteiger partial charge < -0.3 is 15.1 Å². The molecule has 4 heterocycles. The van der Waals surface area contributed by atoms with Crippen LogP contribution >= 0.6 is 0 Å². The first kappa shape index (κ1) is 25.2. The zero-order chi connectivity index (χ0) is 27.1. The molecule has 9 heteroatoms. The Labute approximate surface area is 234 Å². The van der Waals surface area contributed by atoms with E-state index in [0.29, 0.717) is 30.2 Å². The number of aromatic nitrogens is 5. The Morgan fingerprint density at radius 1 is 0.925 bits per heavy atom. The summed E-state index contributed by atoms with van der Waals surface area (Å²) in [6.07, 6.45) is 6.74. The van der Waals surface area contributed by atoms with Crippen molar-refractivity contribution in [1.82, 2.24) is 34.5 Å². The van der Waals surface area contributed by atoms with E-state index in [-0.39, 0.29) is 0 Å². The molecule has 1 aliphatic carbocycles. The van der Waals surface area contributed by atoms with Gasteiger partial charge >= 0.3 is 0 Å². The number of rotatable bonds is 6. The summed E-state index contributed by atoms with van der Waals surface area (Å²) in [7, 11) is 0. The van der Waals surface area contributed by atoms with Crippen molar-refractivity contribution in [2.75, 3.05) is 38.5 Å².